The first kappa shape index (κ1) is 20.0. The molecule has 1 aliphatic heterocycles. The average Bonchev–Trinajstić information content (AvgIpc) is 3.69. The first-order valence-electron chi connectivity index (χ1n) is 11.4. The van der Waals surface area contributed by atoms with Gasteiger partial charge in [0.25, 0.3) is 0 Å². The molecule has 2 aliphatic carbocycles. The van der Waals surface area contributed by atoms with Crippen LogP contribution in [0, 0.1) is 5.92 Å². The summed E-state index contributed by atoms with van der Waals surface area (Å²) in [5.74, 6) is 1.29. The second-order valence-electron chi connectivity index (χ2n) is 8.84. The van der Waals surface area contributed by atoms with Gasteiger partial charge in [-0.05, 0) is 44.2 Å². The third-order valence-electron chi connectivity index (χ3n) is 6.40. The Morgan fingerprint density at radius 2 is 1.71 bits per heavy atom. The zero-order valence-electron chi connectivity index (χ0n) is 17.8. The molecule has 1 aromatic heterocycles. The van der Waals surface area contributed by atoms with Crippen molar-refractivity contribution >= 4 is 17.6 Å². The molecule has 7 nitrogen and oxygen atoms in total. The van der Waals surface area contributed by atoms with Gasteiger partial charge in [0.05, 0.1) is 5.69 Å². The summed E-state index contributed by atoms with van der Waals surface area (Å²) in [4.78, 5) is 31.5. The number of hydrogen-bond acceptors (Lipinski definition) is 5. The van der Waals surface area contributed by atoms with Gasteiger partial charge >= 0.3 is 0 Å². The predicted octanol–water partition coefficient (Wildman–Crippen LogP) is 2.58. The van der Waals surface area contributed by atoms with E-state index in [-0.39, 0.29) is 24.3 Å². The van der Waals surface area contributed by atoms with E-state index in [1.54, 1.807) is 0 Å². The molecule has 5 rings (SSSR count). The highest BCUT2D eigenvalue weighted by atomic mass is 16.2. The van der Waals surface area contributed by atoms with Gasteiger partial charge in [-0.15, -0.1) is 10.2 Å². The number of rotatable bonds is 6. The third kappa shape index (κ3) is 4.70. The molecule has 0 unspecified atom stereocenters. The molecule has 3 fully saturated rings. The Morgan fingerprint density at radius 1 is 0.903 bits per heavy atom. The Kier molecular flexibility index (Phi) is 5.57. The number of carbonyl (C=O) groups excluding carboxylic acids is 2. The number of amides is 2. The van der Waals surface area contributed by atoms with Crippen LogP contribution in [0.25, 0.3) is 11.3 Å². The molecule has 0 spiro atoms. The van der Waals surface area contributed by atoms with Crippen molar-refractivity contribution in [3.05, 3.63) is 42.5 Å². The second-order valence-corrected chi connectivity index (χ2v) is 8.84. The van der Waals surface area contributed by atoms with E-state index in [1.165, 1.54) is 0 Å². The minimum absolute atomic E-state index is 0.0771. The molecule has 1 saturated heterocycles. The molecule has 31 heavy (non-hydrogen) atoms. The zero-order chi connectivity index (χ0) is 21.2. The summed E-state index contributed by atoms with van der Waals surface area (Å²) >= 11 is 0. The molecule has 3 aliphatic rings. The number of aromatic nitrogens is 2. The van der Waals surface area contributed by atoms with Crippen molar-refractivity contribution in [3.63, 3.8) is 0 Å². The molecule has 0 atom stereocenters. The van der Waals surface area contributed by atoms with Crippen molar-refractivity contribution in [1.82, 2.24) is 20.0 Å². The molecule has 7 heteroatoms. The quantitative estimate of drug-likeness (QED) is 0.720. The highest BCUT2D eigenvalue weighted by Crippen LogP contribution is 2.36. The monoisotopic (exact) mass is 419 g/mol. The van der Waals surface area contributed by atoms with Crippen molar-refractivity contribution < 1.29 is 9.59 Å². The summed E-state index contributed by atoms with van der Waals surface area (Å²) < 4.78 is 0. The number of hydrogen-bond donors (Lipinski definition) is 0. The number of nitrogens with zero attached hydrogens (tertiary/aromatic N) is 5. The van der Waals surface area contributed by atoms with Crippen LogP contribution in [-0.4, -0.2) is 70.6 Å². The maximum atomic E-state index is 13.0. The molecule has 2 saturated carbocycles. The van der Waals surface area contributed by atoms with Gasteiger partial charge in [0, 0.05) is 43.7 Å². The van der Waals surface area contributed by atoms with Crippen molar-refractivity contribution in [1.29, 1.82) is 0 Å². The summed E-state index contributed by atoms with van der Waals surface area (Å²) in [7, 11) is 0. The fourth-order valence-corrected chi connectivity index (χ4v) is 4.24. The lowest BCUT2D eigenvalue weighted by atomic mass is 10.1. The Hall–Kier alpha value is -2.96. The Balaban J connectivity index is 1.19. The number of anilines is 1. The van der Waals surface area contributed by atoms with Crippen LogP contribution in [0.15, 0.2) is 42.5 Å². The second kappa shape index (κ2) is 8.65. The summed E-state index contributed by atoms with van der Waals surface area (Å²) in [5.41, 5.74) is 1.91. The lowest BCUT2D eigenvalue weighted by Crippen LogP contribution is -2.45. The van der Waals surface area contributed by atoms with Crippen molar-refractivity contribution in [2.24, 2.45) is 5.92 Å². The Bertz CT molecular complexity index is 925. The van der Waals surface area contributed by atoms with E-state index in [1.807, 2.05) is 52.3 Å². The van der Waals surface area contributed by atoms with E-state index in [9.17, 15) is 9.59 Å². The fraction of sp³-hybridized carbons (Fsp3) is 0.500. The zero-order valence-corrected chi connectivity index (χ0v) is 17.8. The summed E-state index contributed by atoms with van der Waals surface area (Å²) in [6, 6.07) is 14.3. The largest absolute Gasteiger partial charge is 0.353 e. The van der Waals surface area contributed by atoms with E-state index < -0.39 is 0 Å². The number of benzene rings is 1. The molecule has 162 valence electrons. The summed E-state index contributed by atoms with van der Waals surface area (Å²) in [6.07, 6.45) is 4.93. The van der Waals surface area contributed by atoms with Gasteiger partial charge in [-0.25, -0.2) is 0 Å². The Labute approximate surface area is 183 Å². The SMILES string of the molecule is O=C(CN(C(=O)C1CC1)C1CC1)N1CCCN(c2ccc(-c3ccccc3)nn2)CC1. The lowest BCUT2D eigenvalue weighted by Gasteiger charge is -2.27. The molecule has 2 heterocycles. The van der Waals surface area contributed by atoms with Gasteiger partial charge in [0.2, 0.25) is 11.8 Å². The molecule has 2 amide bonds. The molecule has 0 radical (unpaired) electrons. The van der Waals surface area contributed by atoms with E-state index in [2.05, 4.69) is 15.1 Å². The van der Waals surface area contributed by atoms with Gasteiger partial charge in [0.1, 0.15) is 6.54 Å². The third-order valence-corrected chi connectivity index (χ3v) is 6.40. The van der Waals surface area contributed by atoms with E-state index in [4.69, 9.17) is 0 Å². The van der Waals surface area contributed by atoms with Crippen LogP contribution in [-0.2, 0) is 9.59 Å². The van der Waals surface area contributed by atoms with Crippen LogP contribution in [0.4, 0.5) is 5.82 Å². The first-order chi connectivity index (χ1) is 15.2. The van der Waals surface area contributed by atoms with Crippen LogP contribution < -0.4 is 4.90 Å². The van der Waals surface area contributed by atoms with Gasteiger partial charge in [-0.1, -0.05) is 30.3 Å². The van der Waals surface area contributed by atoms with Crippen molar-refractivity contribution in [2.45, 2.75) is 38.1 Å². The van der Waals surface area contributed by atoms with Crippen LogP contribution in [0.2, 0.25) is 0 Å². The smallest absolute Gasteiger partial charge is 0.242 e. The van der Waals surface area contributed by atoms with Gasteiger partial charge in [-0.3, -0.25) is 9.59 Å². The van der Waals surface area contributed by atoms with Crippen molar-refractivity contribution in [3.8, 4) is 11.3 Å². The normalized spacial score (nSPS) is 19.1. The standard InChI is InChI=1S/C24H29N5O2/c30-23(17-29(20-9-10-20)24(31)19-7-8-19)28-14-4-13-27(15-16-28)22-12-11-21(25-26-22)18-5-2-1-3-6-18/h1-3,5-6,11-12,19-20H,4,7-10,13-17H2. The number of carbonyl (C=O) groups is 2. The maximum absolute atomic E-state index is 13.0. The van der Waals surface area contributed by atoms with E-state index in [0.717, 1.165) is 68.8 Å². The van der Waals surface area contributed by atoms with Crippen LogP contribution in [0.3, 0.4) is 0 Å². The van der Waals surface area contributed by atoms with Crippen LogP contribution in [0.1, 0.15) is 32.1 Å². The molecule has 1 aromatic carbocycles. The average molecular weight is 420 g/mol. The van der Waals surface area contributed by atoms with Gasteiger partial charge in [-0.2, -0.15) is 0 Å². The fourth-order valence-electron chi connectivity index (χ4n) is 4.24. The molecular weight excluding hydrogens is 390 g/mol. The van der Waals surface area contributed by atoms with Gasteiger partial charge < -0.3 is 14.7 Å². The first-order valence-corrected chi connectivity index (χ1v) is 11.4. The summed E-state index contributed by atoms with van der Waals surface area (Å²) in [6.45, 7) is 3.19. The van der Waals surface area contributed by atoms with Gasteiger partial charge in [0.15, 0.2) is 5.82 Å². The molecular formula is C24H29N5O2. The molecule has 0 bridgehead atoms. The molecule has 2 aromatic rings. The lowest BCUT2D eigenvalue weighted by molar-refractivity contribution is -0.141. The minimum atomic E-state index is 0.0771. The summed E-state index contributed by atoms with van der Waals surface area (Å²) in [5, 5.41) is 8.84. The maximum Gasteiger partial charge on any atom is 0.242 e. The highest BCUT2D eigenvalue weighted by Gasteiger charge is 2.41. The van der Waals surface area contributed by atoms with Crippen LogP contribution in [0.5, 0.6) is 0 Å². The predicted molar refractivity (Wildman–Crippen MR) is 118 cm³/mol. The van der Waals surface area contributed by atoms with E-state index in [0.29, 0.717) is 12.6 Å². The molecule has 0 N–H and O–H groups in total. The van der Waals surface area contributed by atoms with E-state index >= 15 is 0 Å². The van der Waals surface area contributed by atoms with Crippen LogP contribution >= 0.6 is 0 Å². The Morgan fingerprint density at radius 3 is 2.39 bits per heavy atom. The topological polar surface area (TPSA) is 69.6 Å². The highest BCUT2D eigenvalue weighted by molar-refractivity contribution is 5.87. The minimum Gasteiger partial charge on any atom is -0.353 e. The van der Waals surface area contributed by atoms with Crippen molar-refractivity contribution in [2.75, 3.05) is 37.6 Å².